The number of fused-ring (bicyclic) bond motifs is 1. The number of carboxylic acid groups (broad SMARTS) is 1. The number of nitrogens with one attached hydrogen (secondary N) is 2. The minimum absolute atomic E-state index is 0.361. The zero-order valence-corrected chi connectivity index (χ0v) is 14.8. The van der Waals surface area contributed by atoms with Crippen molar-refractivity contribution < 1.29 is 19.4 Å². The summed E-state index contributed by atoms with van der Waals surface area (Å²) in [6.07, 6.45) is 2.25. The molecule has 0 fully saturated rings. The zero-order valence-electron chi connectivity index (χ0n) is 14.8. The van der Waals surface area contributed by atoms with Crippen molar-refractivity contribution in [2.75, 3.05) is 14.2 Å². The summed E-state index contributed by atoms with van der Waals surface area (Å²) in [4.78, 5) is 14.9. The maximum Gasteiger partial charge on any atom is 0.321 e. The van der Waals surface area contributed by atoms with Crippen molar-refractivity contribution in [3.8, 4) is 11.5 Å². The Morgan fingerprint density at radius 1 is 1.15 bits per heavy atom. The monoisotopic (exact) mass is 354 g/mol. The Morgan fingerprint density at radius 3 is 2.69 bits per heavy atom. The Bertz CT molecular complexity index is 904. The van der Waals surface area contributed by atoms with E-state index in [9.17, 15) is 9.90 Å². The van der Waals surface area contributed by atoms with Gasteiger partial charge in [-0.1, -0.05) is 18.2 Å². The van der Waals surface area contributed by atoms with E-state index in [4.69, 9.17) is 9.47 Å². The Balaban J connectivity index is 1.76. The van der Waals surface area contributed by atoms with Crippen LogP contribution in [0, 0.1) is 0 Å². The molecule has 0 saturated carbocycles. The molecule has 3 N–H and O–H groups in total. The zero-order chi connectivity index (χ0) is 18.5. The van der Waals surface area contributed by atoms with Crippen LogP contribution in [0.15, 0.2) is 48.7 Å². The average Bonchev–Trinajstić information content (AvgIpc) is 3.07. The lowest BCUT2D eigenvalue weighted by Gasteiger charge is -2.16. The molecule has 6 heteroatoms. The van der Waals surface area contributed by atoms with E-state index in [2.05, 4.69) is 10.3 Å². The third kappa shape index (κ3) is 3.81. The second-order valence-corrected chi connectivity index (χ2v) is 6.01. The topological polar surface area (TPSA) is 83.6 Å². The highest BCUT2D eigenvalue weighted by molar-refractivity contribution is 5.84. The largest absolute Gasteiger partial charge is 0.497 e. The van der Waals surface area contributed by atoms with Crippen molar-refractivity contribution in [2.24, 2.45) is 0 Å². The van der Waals surface area contributed by atoms with Gasteiger partial charge in [0.05, 0.1) is 14.2 Å². The van der Waals surface area contributed by atoms with E-state index in [0.29, 0.717) is 24.5 Å². The summed E-state index contributed by atoms with van der Waals surface area (Å²) in [5.74, 6) is 0.498. The standard InChI is InChI=1S/C20H22N2O4/c1-25-15-7-8-19(26-2)14(9-15)12-22-18(20(23)24)10-13-11-21-17-6-4-3-5-16(13)17/h3-9,11,18,21-22H,10,12H2,1-2H3,(H,23,24)/t18-/m1/s1. The first-order chi connectivity index (χ1) is 12.6. The third-order valence-electron chi connectivity index (χ3n) is 4.42. The predicted octanol–water partition coefficient (Wildman–Crippen LogP) is 2.97. The van der Waals surface area contributed by atoms with Crippen LogP contribution < -0.4 is 14.8 Å². The molecule has 1 aromatic heterocycles. The van der Waals surface area contributed by atoms with Crippen LogP contribution in [0.1, 0.15) is 11.1 Å². The van der Waals surface area contributed by atoms with Gasteiger partial charge < -0.3 is 19.6 Å². The number of rotatable bonds is 8. The molecule has 136 valence electrons. The molecule has 0 unspecified atom stereocenters. The molecule has 0 radical (unpaired) electrons. The maximum atomic E-state index is 11.7. The lowest BCUT2D eigenvalue weighted by Crippen LogP contribution is -2.38. The predicted molar refractivity (Wildman–Crippen MR) is 99.8 cm³/mol. The number of aromatic amines is 1. The molecular formula is C20H22N2O4. The normalized spacial score (nSPS) is 12.1. The number of para-hydroxylation sites is 1. The van der Waals surface area contributed by atoms with Crippen LogP contribution in [0.2, 0.25) is 0 Å². The summed E-state index contributed by atoms with van der Waals surface area (Å²) in [7, 11) is 3.18. The lowest BCUT2D eigenvalue weighted by atomic mass is 10.0. The summed E-state index contributed by atoms with van der Waals surface area (Å²) in [5.41, 5.74) is 2.82. The van der Waals surface area contributed by atoms with Crippen molar-refractivity contribution >= 4 is 16.9 Å². The van der Waals surface area contributed by atoms with E-state index in [1.807, 2.05) is 48.7 Å². The fraction of sp³-hybridized carbons (Fsp3) is 0.250. The molecule has 3 rings (SSSR count). The third-order valence-corrected chi connectivity index (χ3v) is 4.42. The Kier molecular flexibility index (Phi) is 5.43. The molecular weight excluding hydrogens is 332 g/mol. The second-order valence-electron chi connectivity index (χ2n) is 6.01. The van der Waals surface area contributed by atoms with Crippen LogP contribution >= 0.6 is 0 Å². The molecule has 0 saturated heterocycles. The molecule has 2 aromatic carbocycles. The van der Waals surface area contributed by atoms with Gasteiger partial charge in [0.1, 0.15) is 17.5 Å². The van der Waals surface area contributed by atoms with Gasteiger partial charge in [-0.25, -0.2) is 0 Å². The summed E-state index contributed by atoms with van der Waals surface area (Å²) >= 11 is 0. The number of methoxy groups -OCH3 is 2. The minimum atomic E-state index is -0.892. The van der Waals surface area contributed by atoms with Crippen LogP contribution in [0.25, 0.3) is 10.9 Å². The molecule has 1 atom stereocenters. The first-order valence-electron chi connectivity index (χ1n) is 8.34. The maximum absolute atomic E-state index is 11.7. The molecule has 0 bridgehead atoms. The fourth-order valence-electron chi connectivity index (χ4n) is 3.02. The Morgan fingerprint density at radius 2 is 1.96 bits per heavy atom. The van der Waals surface area contributed by atoms with E-state index in [1.165, 1.54) is 0 Å². The molecule has 0 aliphatic heterocycles. The summed E-state index contributed by atoms with van der Waals surface area (Å²) in [5, 5.41) is 13.8. The van der Waals surface area contributed by atoms with E-state index < -0.39 is 12.0 Å². The van der Waals surface area contributed by atoms with Crippen molar-refractivity contribution in [3.05, 3.63) is 59.8 Å². The number of benzene rings is 2. The number of ether oxygens (including phenoxy) is 2. The highest BCUT2D eigenvalue weighted by Crippen LogP contribution is 2.24. The van der Waals surface area contributed by atoms with Gasteiger partial charge in [0.2, 0.25) is 0 Å². The molecule has 26 heavy (non-hydrogen) atoms. The molecule has 0 aliphatic carbocycles. The number of hydrogen-bond donors (Lipinski definition) is 3. The first kappa shape index (κ1) is 17.8. The van der Waals surface area contributed by atoms with Gasteiger partial charge in [-0.2, -0.15) is 0 Å². The van der Waals surface area contributed by atoms with Crippen molar-refractivity contribution in [2.45, 2.75) is 19.0 Å². The van der Waals surface area contributed by atoms with E-state index in [-0.39, 0.29) is 0 Å². The van der Waals surface area contributed by atoms with Gasteiger partial charge in [0.15, 0.2) is 0 Å². The van der Waals surface area contributed by atoms with Crippen LogP contribution in [0.4, 0.5) is 0 Å². The van der Waals surface area contributed by atoms with Crippen LogP contribution in [-0.4, -0.2) is 36.3 Å². The quantitative estimate of drug-likeness (QED) is 0.579. The summed E-state index contributed by atoms with van der Waals surface area (Å²) < 4.78 is 10.6. The molecule has 0 amide bonds. The van der Waals surface area contributed by atoms with Gasteiger partial charge in [-0.05, 0) is 29.8 Å². The van der Waals surface area contributed by atoms with Gasteiger partial charge in [0, 0.05) is 35.6 Å². The van der Waals surface area contributed by atoms with E-state index in [1.54, 1.807) is 14.2 Å². The molecule has 1 heterocycles. The number of carbonyl (C=O) groups is 1. The second kappa shape index (κ2) is 7.93. The van der Waals surface area contributed by atoms with E-state index in [0.717, 1.165) is 22.0 Å². The first-order valence-corrected chi connectivity index (χ1v) is 8.34. The Hall–Kier alpha value is -2.99. The van der Waals surface area contributed by atoms with Gasteiger partial charge in [-0.15, -0.1) is 0 Å². The number of hydrogen-bond acceptors (Lipinski definition) is 4. The van der Waals surface area contributed by atoms with Crippen molar-refractivity contribution in [1.29, 1.82) is 0 Å². The minimum Gasteiger partial charge on any atom is -0.497 e. The average molecular weight is 354 g/mol. The van der Waals surface area contributed by atoms with Gasteiger partial charge >= 0.3 is 5.97 Å². The number of aliphatic carboxylic acids is 1. The van der Waals surface area contributed by atoms with Gasteiger partial charge in [-0.3, -0.25) is 10.1 Å². The smallest absolute Gasteiger partial charge is 0.321 e. The molecule has 0 spiro atoms. The number of aromatic nitrogens is 1. The Labute approximate surface area is 151 Å². The SMILES string of the molecule is COc1ccc(OC)c(CN[C@H](Cc2c[nH]c3ccccc23)C(=O)O)c1. The molecule has 6 nitrogen and oxygen atoms in total. The van der Waals surface area contributed by atoms with Crippen LogP contribution in [-0.2, 0) is 17.8 Å². The summed E-state index contributed by atoms with van der Waals surface area (Å²) in [6, 6.07) is 12.6. The highest BCUT2D eigenvalue weighted by atomic mass is 16.5. The van der Waals surface area contributed by atoms with Crippen molar-refractivity contribution in [3.63, 3.8) is 0 Å². The summed E-state index contributed by atoms with van der Waals surface area (Å²) in [6.45, 7) is 0.361. The van der Waals surface area contributed by atoms with Gasteiger partial charge in [0.25, 0.3) is 0 Å². The molecule has 3 aromatic rings. The fourth-order valence-corrected chi connectivity index (χ4v) is 3.02. The highest BCUT2D eigenvalue weighted by Gasteiger charge is 2.20. The van der Waals surface area contributed by atoms with Crippen LogP contribution in [0.3, 0.4) is 0 Å². The number of carboxylic acids is 1. The van der Waals surface area contributed by atoms with E-state index >= 15 is 0 Å². The van der Waals surface area contributed by atoms with Crippen LogP contribution in [0.5, 0.6) is 11.5 Å². The lowest BCUT2D eigenvalue weighted by molar-refractivity contribution is -0.139. The van der Waals surface area contributed by atoms with Crippen molar-refractivity contribution in [1.82, 2.24) is 10.3 Å². The molecule has 0 aliphatic rings. The number of H-pyrrole nitrogens is 1.